The van der Waals surface area contributed by atoms with E-state index in [2.05, 4.69) is 39.6 Å². The number of carbonyl (C=O) groups is 1. The minimum absolute atomic E-state index is 0.167. The Bertz CT molecular complexity index is 928. The smallest absolute Gasteiger partial charge is 0.234 e. The van der Waals surface area contributed by atoms with Gasteiger partial charge in [0.05, 0.1) is 17.9 Å². The Hall–Kier alpha value is -2.51. The van der Waals surface area contributed by atoms with Crippen molar-refractivity contribution in [1.82, 2.24) is 15.2 Å². The van der Waals surface area contributed by atoms with E-state index in [9.17, 15) is 4.79 Å². The number of nitrogens with one attached hydrogen (secondary N) is 2. The van der Waals surface area contributed by atoms with Gasteiger partial charge in [-0.3, -0.25) is 9.89 Å². The van der Waals surface area contributed by atoms with E-state index in [1.807, 2.05) is 12.1 Å². The van der Waals surface area contributed by atoms with Gasteiger partial charge in [-0.05, 0) is 30.2 Å². The van der Waals surface area contributed by atoms with Gasteiger partial charge < -0.3 is 10.1 Å². The van der Waals surface area contributed by atoms with Crippen molar-refractivity contribution in [3.8, 4) is 17.1 Å². The molecule has 3 rings (SSSR count). The Kier molecular flexibility index (Phi) is 6.36. The number of halogens is 1. The Labute approximate surface area is 166 Å². The quantitative estimate of drug-likeness (QED) is 0.571. The highest BCUT2D eigenvalue weighted by molar-refractivity contribution is 7.99. The second kappa shape index (κ2) is 8.92. The number of aryl methyl sites for hydroxylation is 1. The van der Waals surface area contributed by atoms with Gasteiger partial charge in [0.15, 0.2) is 5.82 Å². The van der Waals surface area contributed by atoms with Crippen LogP contribution < -0.4 is 10.1 Å². The third-order valence-electron chi connectivity index (χ3n) is 3.87. The van der Waals surface area contributed by atoms with Crippen molar-refractivity contribution in [2.75, 3.05) is 18.2 Å². The average Bonchev–Trinajstić information content (AvgIpc) is 3.16. The summed E-state index contributed by atoms with van der Waals surface area (Å²) in [5.41, 5.74) is 2.84. The Morgan fingerprint density at radius 2 is 2.04 bits per heavy atom. The maximum absolute atomic E-state index is 12.1. The van der Waals surface area contributed by atoms with Crippen molar-refractivity contribution in [2.24, 2.45) is 0 Å². The molecule has 0 saturated heterocycles. The van der Waals surface area contributed by atoms with Crippen molar-refractivity contribution in [3.63, 3.8) is 0 Å². The molecule has 2 aromatic carbocycles. The molecule has 0 aliphatic heterocycles. The van der Waals surface area contributed by atoms with E-state index in [4.69, 9.17) is 16.3 Å². The molecular formula is C19H19ClN4O2S. The Balaban J connectivity index is 1.56. The molecule has 1 heterocycles. The molecule has 0 radical (unpaired) electrons. The highest BCUT2D eigenvalue weighted by Crippen LogP contribution is 2.27. The van der Waals surface area contributed by atoms with Gasteiger partial charge in [-0.25, -0.2) is 4.98 Å². The van der Waals surface area contributed by atoms with Crippen molar-refractivity contribution in [1.29, 1.82) is 0 Å². The van der Waals surface area contributed by atoms with E-state index in [-0.39, 0.29) is 11.7 Å². The third-order valence-corrected chi connectivity index (χ3v) is 5.01. The largest absolute Gasteiger partial charge is 0.495 e. The molecule has 1 amide bonds. The van der Waals surface area contributed by atoms with Gasteiger partial charge in [0.2, 0.25) is 11.1 Å². The molecule has 0 bridgehead atoms. The first-order valence-electron chi connectivity index (χ1n) is 8.37. The molecule has 1 aromatic heterocycles. The van der Waals surface area contributed by atoms with E-state index in [0.717, 1.165) is 12.0 Å². The van der Waals surface area contributed by atoms with Gasteiger partial charge in [0, 0.05) is 11.3 Å². The van der Waals surface area contributed by atoms with E-state index in [1.165, 1.54) is 17.3 Å². The zero-order valence-electron chi connectivity index (χ0n) is 15.0. The number of nitrogens with zero attached hydrogens (tertiary/aromatic N) is 2. The summed E-state index contributed by atoms with van der Waals surface area (Å²) in [6.45, 7) is 2.11. The maximum atomic E-state index is 12.1. The van der Waals surface area contributed by atoms with Gasteiger partial charge in [-0.2, -0.15) is 0 Å². The van der Waals surface area contributed by atoms with Crippen LogP contribution in [0.5, 0.6) is 5.75 Å². The normalized spacial score (nSPS) is 10.6. The summed E-state index contributed by atoms with van der Waals surface area (Å²) < 4.78 is 5.09. The van der Waals surface area contributed by atoms with Gasteiger partial charge in [0.25, 0.3) is 0 Å². The van der Waals surface area contributed by atoms with Crippen LogP contribution in [0, 0.1) is 0 Å². The molecule has 6 nitrogen and oxygen atoms in total. The molecule has 0 aliphatic rings. The Morgan fingerprint density at radius 1 is 1.26 bits per heavy atom. The summed E-state index contributed by atoms with van der Waals surface area (Å²) in [6.07, 6.45) is 0.992. The Morgan fingerprint density at radius 3 is 2.70 bits per heavy atom. The number of methoxy groups -OCH3 is 1. The summed E-state index contributed by atoms with van der Waals surface area (Å²) >= 11 is 7.32. The topological polar surface area (TPSA) is 79.9 Å². The SMILES string of the molecule is CCc1ccc(-c2nc(SCC(=O)Nc3ccc(OC)c(Cl)c3)n[nH]2)cc1. The lowest BCUT2D eigenvalue weighted by Crippen LogP contribution is -2.14. The third kappa shape index (κ3) is 5.02. The van der Waals surface area contributed by atoms with Crippen LogP contribution in [0.15, 0.2) is 47.6 Å². The van der Waals surface area contributed by atoms with Crippen molar-refractivity contribution in [3.05, 3.63) is 53.1 Å². The zero-order chi connectivity index (χ0) is 19.2. The highest BCUT2D eigenvalue weighted by Gasteiger charge is 2.10. The second-order valence-corrected chi connectivity index (χ2v) is 7.05. The summed E-state index contributed by atoms with van der Waals surface area (Å²) in [5.74, 6) is 1.27. The van der Waals surface area contributed by atoms with Crippen LogP contribution in [0.25, 0.3) is 11.4 Å². The summed E-state index contributed by atoms with van der Waals surface area (Å²) in [6, 6.07) is 13.2. The molecule has 0 atom stereocenters. The van der Waals surface area contributed by atoms with Crippen LogP contribution in [0.3, 0.4) is 0 Å². The number of hydrogen-bond acceptors (Lipinski definition) is 5. The second-order valence-electron chi connectivity index (χ2n) is 5.70. The molecule has 2 N–H and O–H groups in total. The van der Waals surface area contributed by atoms with Crippen molar-refractivity contribution in [2.45, 2.75) is 18.5 Å². The monoisotopic (exact) mass is 402 g/mol. The molecule has 0 unspecified atom stereocenters. The number of anilines is 1. The standard InChI is InChI=1S/C19H19ClN4O2S/c1-3-12-4-6-13(7-5-12)18-22-19(24-23-18)27-11-17(25)21-14-8-9-16(26-2)15(20)10-14/h4-10H,3,11H2,1-2H3,(H,21,25)(H,22,23,24). The predicted molar refractivity (Wildman–Crippen MR) is 109 cm³/mol. The van der Waals surface area contributed by atoms with Crippen LogP contribution >= 0.6 is 23.4 Å². The average molecular weight is 403 g/mol. The number of rotatable bonds is 7. The maximum Gasteiger partial charge on any atom is 0.234 e. The lowest BCUT2D eigenvalue weighted by atomic mass is 10.1. The molecular weight excluding hydrogens is 384 g/mol. The predicted octanol–water partition coefficient (Wildman–Crippen LogP) is 4.43. The first-order chi connectivity index (χ1) is 13.1. The summed E-state index contributed by atoms with van der Waals surface area (Å²) in [5, 5.41) is 10.8. The first kappa shape index (κ1) is 19.3. The number of aromatic nitrogens is 3. The van der Waals surface area contributed by atoms with Crippen LogP contribution in [-0.2, 0) is 11.2 Å². The van der Waals surface area contributed by atoms with E-state index < -0.39 is 0 Å². The number of benzene rings is 2. The molecule has 0 spiro atoms. The van der Waals surface area contributed by atoms with Crippen molar-refractivity contribution >= 4 is 35.0 Å². The van der Waals surface area contributed by atoms with Gasteiger partial charge in [-0.15, -0.1) is 5.10 Å². The van der Waals surface area contributed by atoms with Crippen molar-refractivity contribution < 1.29 is 9.53 Å². The van der Waals surface area contributed by atoms with E-state index >= 15 is 0 Å². The molecule has 140 valence electrons. The number of hydrogen-bond donors (Lipinski definition) is 2. The zero-order valence-corrected chi connectivity index (χ0v) is 16.5. The lowest BCUT2D eigenvalue weighted by Gasteiger charge is -2.07. The number of thioether (sulfide) groups is 1. The first-order valence-corrected chi connectivity index (χ1v) is 9.73. The molecule has 0 saturated carbocycles. The molecule has 27 heavy (non-hydrogen) atoms. The van der Waals surface area contributed by atoms with Crippen LogP contribution in [-0.4, -0.2) is 34.0 Å². The fourth-order valence-corrected chi connectivity index (χ4v) is 3.27. The van der Waals surface area contributed by atoms with Gasteiger partial charge in [-0.1, -0.05) is 54.6 Å². The van der Waals surface area contributed by atoms with Gasteiger partial charge in [0.1, 0.15) is 5.75 Å². The summed E-state index contributed by atoms with van der Waals surface area (Å²) in [4.78, 5) is 16.6. The minimum atomic E-state index is -0.167. The van der Waals surface area contributed by atoms with E-state index in [0.29, 0.717) is 27.4 Å². The van der Waals surface area contributed by atoms with Crippen LogP contribution in [0.2, 0.25) is 5.02 Å². The number of carbonyl (C=O) groups excluding carboxylic acids is 1. The number of amides is 1. The molecule has 8 heteroatoms. The molecule has 3 aromatic rings. The number of H-pyrrole nitrogens is 1. The minimum Gasteiger partial charge on any atom is -0.495 e. The highest BCUT2D eigenvalue weighted by atomic mass is 35.5. The lowest BCUT2D eigenvalue weighted by molar-refractivity contribution is -0.113. The van der Waals surface area contributed by atoms with Crippen LogP contribution in [0.4, 0.5) is 5.69 Å². The van der Waals surface area contributed by atoms with Gasteiger partial charge >= 0.3 is 0 Å². The number of aromatic amines is 1. The fourth-order valence-electron chi connectivity index (χ4n) is 2.41. The summed E-state index contributed by atoms with van der Waals surface area (Å²) in [7, 11) is 1.54. The fraction of sp³-hybridized carbons (Fsp3) is 0.211. The molecule has 0 aliphatic carbocycles. The number of ether oxygens (including phenoxy) is 1. The van der Waals surface area contributed by atoms with Crippen LogP contribution in [0.1, 0.15) is 12.5 Å². The van der Waals surface area contributed by atoms with E-state index in [1.54, 1.807) is 25.3 Å². The molecule has 0 fully saturated rings.